The predicted molar refractivity (Wildman–Crippen MR) is 99.4 cm³/mol. The second-order valence-corrected chi connectivity index (χ2v) is 8.18. The van der Waals surface area contributed by atoms with E-state index in [4.69, 9.17) is 0 Å². The average Bonchev–Trinajstić information content (AvgIpc) is 3.09. The van der Waals surface area contributed by atoms with Crippen molar-refractivity contribution < 1.29 is 18.0 Å². The smallest absolute Gasteiger partial charge is 0.234 e. The highest BCUT2D eigenvalue weighted by molar-refractivity contribution is 7.92. The molecule has 0 atom stereocenters. The largest absolute Gasteiger partial charge is 0.355 e. The number of carbonyl (C=O) groups excluding carboxylic acids is 2. The van der Waals surface area contributed by atoms with E-state index in [2.05, 4.69) is 10.0 Å². The van der Waals surface area contributed by atoms with E-state index in [0.29, 0.717) is 23.4 Å². The van der Waals surface area contributed by atoms with Gasteiger partial charge in [0.1, 0.15) is 0 Å². The van der Waals surface area contributed by atoms with E-state index in [-0.39, 0.29) is 30.4 Å². The molecule has 0 spiro atoms. The fraction of sp³-hybridized carbons (Fsp3) is 0.294. The van der Waals surface area contributed by atoms with Crippen LogP contribution in [0.25, 0.3) is 0 Å². The number of hydrogen-bond acceptors (Lipinski definition) is 5. The molecule has 0 aliphatic rings. The molecule has 1 aromatic heterocycles. The number of rotatable bonds is 10. The van der Waals surface area contributed by atoms with Gasteiger partial charge in [0, 0.05) is 25.1 Å². The zero-order chi connectivity index (χ0) is 18.1. The fourth-order valence-corrected chi connectivity index (χ4v) is 3.78. The average molecular weight is 380 g/mol. The van der Waals surface area contributed by atoms with Crippen molar-refractivity contribution in [3.63, 3.8) is 0 Å². The Kier molecular flexibility index (Phi) is 7.15. The maximum absolute atomic E-state index is 11.9. The van der Waals surface area contributed by atoms with Crippen molar-refractivity contribution >= 4 is 38.7 Å². The molecule has 134 valence electrons. The molecule has 2 aromatic rings. The van der Waals surface area contributed by atoms with Gasteiger partial charge in [-0.25, -0.2) is 8.42 Å². The Morgan fingerprint density at radius 2 is 1.76 bits per heavy atom. The lowest BCUT2D eigenvalue weighted by molar-refractivity contribution is -0.121. The molecule has 1 heterocycles. The Bertz CT molecular complexity index is 787. The van der Waals surface area contributed by atoms with Crippen molar-refractivity contribution in [3.8, 4) is 0 Å². The van der Waals surface area contributed by atoms with Gasteiger partial charge >= 0.3 is 0 Å². The van der Waals surface area contributed by atoms with Crippen LogP contribution in [0.1, 0.15) is 28.9 Å². The summed E-state index contributed by atoms with van der Waals surface area (Å²) in [7, 11) is -3.51. The van der Waals surface area contributed by atoms with Gasteiger partial charge < -0.3 is 5.32 Å². The number of para-hydroxylation sites is 1. The summed E-state index contributed by atoms with van der Waals surface area (Å²) in [5.41, 5.74) is 0.487. The van der Waals surface area contributed by atoms with E-state index < -0.39 is 10.0 Å². The van der Waals surface area contributed by atoms with Gasteiger partial charge in [0.05, 0.1) is 10.6 Å². The SMILES string of the molecule is O=C(CCCC(=O)c1cccs1)NCCS(=O)(=O)Nc1ccccc1. The highest BCUT2D eigenvalue weighted by Crippen LogP contribution is 2.13. The van der Waals surface area contributed by atoms with Crippen LogP contribution in [0.3, 0.4) is 0 Å². The van der Waals surface area contributed by atoms with E-state index in [1.165, 1.54) is 11.3 Å². The van der Waals surface area contributed by atoms with Crippen LogP contribution in [0.15, 0.2) is 47.8 Å². The van der Waals surface area contributed by atoms with E-state index in [0.717, 1.165) is 0 Å². The summed E-state index contributed by atoms with van der Waals surface area (Å²) < 4.78 is 26.3. The Labute approximate surface area is 151 Å². The number of anilines is 1. The summed E-state index contributed by atoms with van der Waals surface area (Å²) in [6.07, 6.45) is 0.947. The third-order valence-corrected chi connectivity index (χ3v) is 5.54. The summed E-state index contributed by atoms with van der Waals surface area (Å²) in [6.45, 7) is 0.0277. The van der Waals surface area contributed by atoms with Gasteiger partial charge in [-0.15, -0.1) is 11.3 Å². The van der Waals surface area contributed by atoms with Crippen LogP contribution in [0.4, 0.5) is 5.69 Å². The molecular weight excluding hydrogens is 360 g/mol. The van der Waals surface area contributed by atoms with Crippen LogP contribution in [0, 0.1) is 0 Å². The molecule has 0 saturated heterocycles. The molecule has 8 heteroatoms. The molecule has 25 heavy (non-hydrogen) atoms. The molecule has 0 aliphatic carbocycles. The number of sulfonamides is 1. The Morgan fingerprint density at radius 3 is 2.44 bits per heavy atom. The van der Waals surface area contributed by atoms with Crippen LogP contribution >= 0.6 is 11.3 Å². The zero-order valence-electron chi connectivity index (χ0n) is 13.6. The maximum Gasteiger partial charge on any atom is 0.234 e. The van der Waals surface area contributed by atoms with Crippen LogP contribution in [0.2, 0.25) is 0 Å². The van der Waals surface area contributed by atoms with Crippen molar-refractivity contribution in [2.45, 2.75) is 19.3 Å². The van der Waals surface area contributed by atoms with E-state index in [9.17, 15) is 18.0 Å². The molecule has 6 nitrogen and oxygen atoms in total. The van der Waals surface area contributed by atoms with Gasteiger partial charge in [-0.1, -0.05) is 24.3 Å². The van der Waals surface area contributed by atoms with Gasteiger partial charge in [-0.05, 0) is 30.0 Å². The van der Waals surface area contributed by atoms with E-state index in [1.54, 1.807) is 36.4 Å². The number of ketones is 1. The summed E-state index contributed by atoms with van der Waals surface area (Å²) in [5.74, 6) is -0.437. The maximum atomic E-state index is 11.9. The minimum Gasteiger partial charge on any atom is -0.355 e. The highest BCUT2D eigenvalue weighted by Gasteiger charge is 2.12. The Morgan fingerprint density at radius 1 is 1.00 bits per heavy atom. The van der Waals surface area contributed by atoms with Gasteiger partial charge in [0.25, 0.3) is 0 Å². The minimum absolute atomic E-state index is 0.0254. The number of Topliss-reactive ketones (excluding diaryl/α,β-unsaturated/α-hetero) is 1. The van der Waals surface area contributed by atoms with Crippen molar-refractivity contribution in [2.75, 3.05) is 17.0 Å². The molecule has 0 bridgehead atoms. The zero-order valence-corrected chi connectivity index (χ0v) is 15.2. The number of carbonyl (C=O) groups is 2. The molecular formula is C17H20N2O4S2. The number of nitrogens with one attached hydrogen (secondary N) is 2. The molecule has 2 N–H and O–H groups in total. The summed E-state index contributed by atoms with van der Waals surface area (Å²) in [5, 5.41) is 4.40. The quantitative estimate of drug-likeness (QED) is 0.620. The molecule has 2 rings (SSSR count). The lowest BCUT2D eigenvalue weighted by atomic mass is 10.1. The lowest BCUT2D eigenvalue weighted by Gasteiger charge is -2.08. The predicted octanol–water partition coefficient (Wildman–Crippen LogP) is 2.66. The molecule has 0 saturated carbocycles. The first-order chi connectivity index (χ1) is 12.0. The van der Waals surface area contributed by atoms with Gasteiger partial charge in [0.2, 0.25) is 15.9 Å². The molecule has 0 radical (unpaired) electrons. The van der Waals surface area contributed by atoms with Crippen LogP contribution in [0.5, 0.6) is 0 Å². The minimum atomic E-state index is -3.51. The Balaban J connectivity index is 1.64. The van der Waals surface area contributed by atoms with Gasteiger partial charge in [-0.3, -0.25) is 14.3 Å². The van der Waals surface area contributed by atoms with Crippen molar-refractivity contribution in [3.05, 3.63) is 52.7 Å². The monoisotopic (exact) mass is 380 g/mol. The topological polar surface area (TPSA) is 92.3 Å². The first-order valence-corrected chi connectivity index (χ1v) is 10.4. The fourth-order valence-electron chi connectivity index (χ4n) is 2.12. The molecule has 1 amide bonds. The normalized spacial score (nSPS) is 11.0. The van der Waals surface area contributed by atoms with Gasteiger partial charge in [-0.2, -0.15) is 0 Å². The lowest BCUT2D eigenvalue weighted by Crippen LogP contribution is -2.31. The number of thiophene rings is 1. The van der Waals surface area contributed by atoms with E-state index in [1.807, 2.05) is 11.4 Å². The van der Waals surface area contributed by atoms with Crippen LogP contribution in [-0.4, -0.2) is 32.4 Å². The third kappa shape index (κ3) is 7.06. The number of benzene rings is 1. The van der Waals surface area contributed by atoms with Gasteiger partial charge in [0.15, 0.2) is 5.78 Å². The van der Waals surface area contributed by atoms with Crippen LogP contribution in [-0.2, 0) is 14.8 Å². The Hall–Kier alpha value is -2.19. The standard InChI is InChI=1S/C17H20N2O4S2/c20-15(16-9-5-12-24-16)8-4-10-17(21)18-11-13-25(22,23)19-14-6-2-1-3-7-14/h1-3,5-7,9,12,19H,4,8,10-11,13H2,(H,18,21). The number of hydrogen-bond donors (Lipinski definition) is 2. The molecule has 0 fully saturated rings. The van der Waals surface area contributed by atoms with Crippen molar-refractivity contribution in [1.82, 2.24) is 5.32 Å². The van der Waals surface area contributed by atoms with Crippen LogP contribution < -0.4 is 10.0 Å². The van der Waals surface area contributed by atoms with E-state index >= 15 is 0 Å². The second-order valence-electron chi connectivity index (χ2n) is 5.39. The number of amides is 1. The first-order valence-electron chi connectivity index (χ1n) is 7.85. The molecule has 1 aromatic carbocycles. The highest BCUT2D eigenvalue weighted by atomic mass is 32.2. The first kappa shape index (κ1) is 19.1. The van der Waals surface area contributed by atoms with Crippen molar-refractivity contribution in [1.29, 1.82) is 0 Å². The summed E-state index contributed by atoms with van der Waals surface area (Å²) >= 11 is 1.38. The summed E-state index contributed by atoms with van der Waals surface area (Å²) in [4.78, 5) is 24.2. The van der Waals surface area contributed by atoms with Crippen molar-refractivity contribution in [2.24, 2.45) is 0 Å². The third-order valence-electron chi connectivity index (χ3n) is 3.34. The second kappa shape index (κ2) is 9.33. The molecule has 0 unspecified atom stereocenters. The summed E-state index contributed by atoms with van der Waals surface area (Å²) in [6, 6.07) is 12.1. The molecule has 0 aliphatic heterocycles.